The second-order valence-corrected chi connectivity index (χ2v) is 6.21. The number of fused-ring (bicyclic) bond motifs is 1. The van der Waals surface area contributed by atoms with Gasteiger partial charge in [-0.2, -0.15) is 0 Å². The van der Waals surface area contributed by atoms with E-state index in [0.29, 0.717) is 17.9 Å². The minimum Gasteiger partial charge on any atom is -0.323 e. The SMILES string of the molecule is C[C@@H](C(=O)N1CC(=O)Nc2ccccc21)N(C)Cc1ccc(F)cc1. The fraction of sp³-hybridized carbons (Fsp3) is 0.263. The maximum absolute atomic E-state index is 13.0. The van der Waals surface area contributed by atoms with E-state index < -0.39 is 6.04 Å². The van der Waals surface area contributed by atoms with Crippen molar-refractivity contribution in [3.05, 3.63) is 59.9 Å². The van der Waals surface area contributed by atoms with Crippen molar-refractivity contribution in [2.45, 2.75) is 19.5 Å². The van der Waals surface area contributed by atoms with Gasteiger partial charge < -0.3 is 5.32 Å². The molecule has 130 valence electrons. The lowest BCUT2D eigenvalue weighted by Crippen LogP contribution is -2.50. The van der Waals surface area contributed by atoms with E-state index >= 15 is 0 Å². The fourth-order valence-electron chi connectivity index (χ4n) is 2.86. The van der Waals surface area contributed by atoms with E-state index in [1.165, 1.54) is 17.0 Å². The average Bonchev–Trinajstić information content (AvgIpc) is 2.61. The molecule has 1 atom stereocenters. The Labute approximate surface area is 146 Å². The van der Waals surface area contributed by atoms with Gasteiger partial charge in [0.05, 0.1) is 17.4 Å². The van der Waals surface area contributed by atoms with E-state index in [-0.39, 0.29) is 24.2 Å². The van der Waals surface area contributed by atoms with Gasteiger partial charge in [-0.3, -0.25) is 19.4 Å². The standard InChI is InChI=1S/C19H20FN3O2/c1-13(22(2)11-14-7-9-15(20)10-8-14)19(25)23-12-18(24)21-16-5-3-4-6-17(16)23/h3-10,13H,11-12H2,1-2H3,(H,21,24)/t13-/m0/s1. The quantitative estimate of drug-likeness (QED) is 0.930. The highest BCUT2D eigenvalue weighted by atomic mass is 19.1. The van der Waals surface area contributed by atoms with E-state index in [9.17, 15) is 14.0 Å². The van der Waals surface area contributed by atoms with Gasteiger partial charge in [-0.05, 0) is 43.8 Å². The molecular formula is C19H20FN3O2. The molecule has 2 amide bonds. The van der Waals surface area contributed by atoms with Crippen molar-refractivity contribution in [3.8, 4) is 0 Å². The van der Waals surface area contributed by atoms with E-state index in [1.54, 1.807) is 25.1 Å². The Morgan fingerprint density at radius 2 is 1.92 bits per heavy atom. The van der Waals surface area contributed by atoms with Crippen molar-refractivity contribution in [1.82, 2.24) is 4.90 Å². The number of rotatable bonds is 4. The molecule has 1 aliphatic heterocycles. The smallest absolute Gasteiger partial charge is 0.244 e. The zero-order chi connectivity index (χ0) is 18.0. The second kappa shape index (κ2) is 7.03. The lowest BCUT2D eigenvalue weighted by molar-refractivity contribution is -0.125. The number of carbonyl (C=O) groups excluding carboxylic acids is 2. The molecule has 1 N–H and O–H groups in total. The number of nitrogens with one attached hydrogen (secondary N) is 1. The van der Waals surface area contributed by atoms with Crippen LogP contribution in [0, 0.1) is 5.82 Å². The molecule has 5 nitrogen and oxygen atoms in total. The van der Waals surface area contributed by atoms with E-state index in [2.05, 4.69) is 5.32 Å². The molecule has 0 radical (unpaired) electrons. The maximum atomic E-state index is 13.0. The predicted molar refractivity (Wildman–Crippen MR) is 94.8 cm³/mol. The van der Waals surface area contributed by atoms with Crippen LogP contribution in [0.1, 0.15) is 12.5 Å². The van der Waals surface area contributed by atoms with E-state index in [4.69, 9.17) is 0 Å². The number of amides is 2. The van der Waals surface area contributed by atoms with Gasteiger partial charge in [0.1, 0.15) is 12.4 Å². The molecule has 0 unspecified atom stereocenters. The van der Waals surface area contributed by atoms with Crippen molar-refractivity contribution in [2.75, 3.05) is 23.8 Å². The lowest BCUT2D eigenvalue weighted by Gasteiger charge is -2.33. The summed E-state index contributed by atoms with van der Waals surface area (Å²) in [5, 5.41) is 2.78. The molecule has 0 bridgehead atoms. The number of para-hydroxylation sites is 2. The molecule has 25 heavy (non-hydrogen) atoms. The summed E-state index contributed by atoms with van der Waals surface area (Å²) in [5.41, 5.74) is 2.26. The number of anilines is 2. The van der Waals surface area contributed by atoms with Gasteiger partial charge in [0, 0.05) is 6.54 Å². The number of carbonyl (C=O) groups is 2. The summed E-state index contributed by atoms with van der Waals surface area (Å²) >= 11 is 0. The summed E-state index contributed by atoms with van der Waals surface area (Å²) in [4.78, 5) is 28.2. The summed E-state index contributed by atoms with van der Waals surface area (Å²) in [6.07, 6.45) is 0. The largest absolute Gasteiger partial charge is 0.323 e. The lowest BCUT2D eigenvalue weighted by atomic mass is 10.1. The number of nitrogens with zero attached hydrogens (tertiary/aromatic N) is 2. The molecule has 0 fully saturated rings. The normalized spacial score (nSPS) is 14.9. The molecule has 2 aromatic carbocycles. The van der Waals surface area contributed by atoms with E-state index in [1.807, 2.05) is 30.1 Å². The van der Waals surface area contributed by atoms with Gasteiger partial charge >= 0.3 is 0 Å². The first-order valence-corrected chi connectivity index (χ1v) is 8.10. The zero-order valence-corrected chi connectivity index (χ0v) is 14.2. The molecule has 1 aliphatic rings. The Hall–Kier alpha value is -2.73. The van der Waals surface area contributed by atoms with Gasteiger partial charge in [-0.15, -0.1) is 0 Å². The van der Waals surface area contributed by atoms with Crippen LogP contribution in [0.15, 0.2) is 48.5 Å². The maximum Gasteiger partial charge on any atom is 0.244 e. The van der Waals surface area contributed by atoms with Crippen molar-refractivity contribution in [1.29, 1.82) is 0 Å². The van der Waals surface area contributed by atoms with Crippen LogP contribution in [-0.4, -0.2) is 36.3 Å². The van der Waals surface area contributed by atoms with Crippen molar-refractivity contribution >= 4 is 23.2 Å². The number of hydrogen-bond acceptors (Lipinski definition) is 3. The summed E-state index contributed by atoms with van der Waals surface area (Å²) < 4.78 is 13.0. The molecular weight excluding hydrogens is 321 g/mol. The molecule has 0 aromatic heterocycles. The van der Waals surface area contributed by atoms with Crippen LogP contribution in [0.25, 0.3) is 0 Å². The average molecular weight is 341 g/mol. The molecule has 0 aliphatic carbocycles. The first kappa shape index (κ1) is 17.1. The van der Waals surface area contributed by atoms with Crippen LogP contribution in [0.3, 0.4) is 0 Å². The number of likely N-dealkylation sites (N-methyl/N-ethyl adjacent to an activating group) is 1. The Kier molecular flexibility index (Phi) is 4.81. The molecule has 0 saturated heterocycles. The molecule has 6 heteroatoms. The Balaban J connectivity index is 1.75. The highest BCUT2D eigenvalue weighted by Gasteiger charge is 2.31. The monoisotopic (exact) mass is 341 g/mol. The first-order valence-electron chi connectivity index (χ1n) is 8.10. The molecule has 3 rings (SSSR count). The van der Waals surface area contributed by atoms with Gasteiger partial charge in [-0.25, -0.2) is 4.39 Å². The first-order chi connectivity index (χ1) is 12.0. The van der Waals surface area contributed by atoms with Crippen LogP contribution in [0.4, 0.5) is 15.8 Å². The Morgan fingerprint density at radius 1 is 1.24 bits per heavy atom. The number of benzene rings is 2. The molecule has 2 aromatic rings. The van der Waals surface area contributed by atoms with E-state index in [0.717, 1.165) is 5.56 Å². The fourth-order valence-corrected chi connectivity index (χ4v) is 2.86. The highest BCUT2D eigenvalue weighted by molar-refractivity contribution is 6.11. The van der Waals surface area contributed by atoms with Crippen LogP contribution >= 0.6 is 0 Å². The topological polar surface area (TPSA) is 52.7 Å². The molecule has 1 heterocycles. The highest BCUT2D eigenvalue weighted by Crippen LogP contribution is 2.29. The second-order valence-electron chi connectivity index (χ2n) is 6.21. The van der Waals surface area contributed by atoms with Crippen molar-refractivity contribution in [3.63, 3.8) is 0 Å². The van der Waals surface area contributed by atoms with Gasteiger partial charge in [0.25, 0.3) is 0 Å². The Bertz CT molecular complexity index is 792. The molecule has 0 saturated carbocycles. The number of halogens is 1. The minimum absolute atomic E-state index is 0.00454. The van der Waals surface area contributed by atoms with Crippen LogP contribution in [-0.2, 0) is 16.1 Å². The van der Waals surface area contributed by atoms with Crippen molar-refractivity contribution < 1.29 is 14.0 Å². The number of hydrogen-bond donors (Lipinski definition) is 1. The van der Waals surface area contributed by atoms with Crippen molar-refractivity contribution in [2.24, 2.45) is 0 Å². The van der Waals surface area contributed by atoms with Crippen LogP contribution in [0.5, 0.6) is 0 Å². The summed E-state index contributed by atoms with van der Waals surface area (Å²) in [7, 11) is 1.84. The van der Waals surface area contributed by atoms with Crippen LogP contribution < -0.4 is 10.2 Å². The molecule has 0 spiro atoms. The Morgan fingerprint density at radius 3 is 2.64 bits per heavy atom. The zero-order valence-electron chi connectivity index (χ0n) is 14.2. The van der Waals surface area contributed by atoms with Crippen LogP contribution in [0.2, 0.25) is 0 Å². The predicted octanol–water partition coefficient (Wildman–Crippen LogP) is 2.63. The van der Waals surface area contributed by atoms with Gasteiger partial charge in [0.15, 0.2) is 0 Å². The summed E-state index contributed by atoms with van der Waals surface area (Å²) in [6.45, 7) is 2.32. The summed E-state index contributed by atoms with van der Waals surface area (Å²) in [6, 6.07) is 13.0. The summed E-state index contributed by atoms with van der Waals surface area (Å²) in [5.74, 6) is -0.640. The third-order valence-electron chi connectivity index (χ3n) is 4.40. The van der Waals surface area contributed by atoms with Gasteiger partial charge in [-0.1, -0.05) is 24.3 Å². The third-order valence-corrected chi connectivity index (χ3v) is 4.40. The van der Waals surface area contributed by atoms with Gasteiger partial charge in [0.2, 0.25) is 11.8 Å². The third kappa shape index (κ3) is 3.69. The minimum atomic E-state index is -0.427.